The molecule has 0 aromatic rings. The summed E-state index contributed by atoms with van der Waals surface area (Å²) < 4.78 is 88.6. The van der Waals surface area contributed by atoms with Gasteiger partial charge in [0, 0.05) is 22.3 Å². The second kappa shape index (κ2) is 10.0. The van der Waals surface area contributed by atoms with Crippen molar-refractivity contribution in [2.45, 2.75) is 99.1 Å². The molecule has 34 heavy (non-hydrogen) atoms. The van der Waals surface area contributed by atoms with Crippen LogP contribution in [-0.2, 0) is 19.6 Å². The largest absolute Gasteiger partial charge is 0.465 e. The van der Waals surface area contributed by atoms with Gasteiger partial charge in [-0.25, -0.2) is 0 Å². The summed E-state index contributed by atoms with van der Waals surface area (Å²) in [4.78, 5) is 12.7. The lowest BCUT2D eigenvalue weighted by atomic mass is 9.59. The molecule has 13 heteroatoms. The van der Waals surface area contributed by atoms with Crippen molar-refractivity contribution >= 4 is 27.8 Å². The topological polar surface area (TPSA) is 121 Å². The molecule has 0 amide bonds. The van der Waals surface area contributed by atoms with E-state index < -0.39 is 68.6 Å². The van der Waals surface area contributed by atoms with Crippen LogP contribution in [0.4, 0.5) is 17.6 Å². The molecule has 2 aliphatic rings. The Kier molecular flexibility index (Phi) is 8.73. The smallest absolute Gasteiger partial charge is 0.431 e. The molecule has 0 aromatic carbocycles. The number of fused-ring (bicyclic) bond motifs is 2. The van der Waals surface area contributed by atoms with Crippen molar-refractivity contribution in [1.29, 1.82) is 0 Å². The molecule has 2 heterocycles. The monoisotopic (exact) mass is 538 g/mol. The Bertz CT molecular complexity index is 844. The number of carbonyl (C=O) groups excluding carboxylic acids is 1. The summed E-state index contributed by atoms with van der Waals surface area (Å²) >= 11 is 1.44. The van der Waals surface area contributed by atoms with E-state index in [1.165, 1.54) is 11.8 Å². The van der Waals surface area contributed by atoms with Crippen LogP contribution in [0.15, 0.2) is 0 Å². The Morgan fingerprint density at radius 1 is 0.971 bits per heavy atom. The molecule has 2 rings (SSSR count). The quantitative estimate of drug-likeness (QED) is 0.195. The zero-order valence-electron chi connectivity index (χ0n) is 19.6. The number of alkyl halides is 4. The fourth-order valence-corrected chi connectivity index (χ4v) is 8.25. The number of hydrogen-bond acceptors (Lipinski definition) is 7. The van der Waals surface area contributed by atoms with E-state index in [9.17, 15) is 41.0 Å². The first-order chi connectivity index (χ1) is 15.5. The summed E-state index contributed by atoms with van der Waals surface area (Å²) in [6.45, 7) is 6.13. The molecule has 0 spiro atoms. The van der Waals surface area contributed by atoms with E-state index in [0.29, 0.717) is 25.7 Å². The van der Waals surface area contributed by atoms with E-state index in [0.717, 1.165) is 0 Å². The summed E-state index contributed by atoms with van der Waals surface area (Å²) in [5.74, 6) is -7.63. The Balaban J connectivity index is 2.19. The van der Waals surface area contributed by atoms with Gasteiger partial charge < -0.3 is 14.9 Å². The molecule has 0 aliphatic carbocycles. The predicted molar refractivity (Wildman–Crippen MR) is 118 cm³/mol. The molecule has 200 valence electrons. The van der Waals surface area contributed by atoms with Crippen molar-refractivity contribution in [1.82, 2.24) is 0 Å². The first-order valence-corrected chi connectivity index (χ1v) is 13.8. The third-order valence-electron chi connectivity index (χ3n) is 7.76. The number of aliphatic hydroxyl groups is 2. The number of esters is 1. The summed E-state index contributed by atoms with van der Waals surface area (Å²) in [5, 5.41) is 16.3. The van der Waals surface area contributed by atoms with Crippen LogP contribution >= 0.6 is 11.8 Å². The standard InChI is InChI=1S/C21H34F4O7S2/c1-5-18(27,6-2)14-13-11-12(16(33-13)15(14)19(28,7-3)8-4)17(26)32-10-9-20(22,23)21(24,25)34(29,30)31/h12-16,27-28H,5-11H2,1-4H3,(H,29,30,31). The van der Waals surface area contributed by atoms with Gasteiger partial charge in [0.2, 0.25) is 0 Å². The number of halogens is 4. The minimum absolute atomic E-state index is 0.188. The lowest BCUT2D eigenvalue weighted by molar-refractivity contribution is -0.177. The van der Waals surface area contributed by atoms with Crippen molar-refractivity contribution < 1.29 is 50.3 Å². The highest BCUT2D eigenvalue weighted by molar-refractivity contribution is 8.01. The molecular formula is C21H34F4O7S2. The van der Waals surface area contributed by atoms with Gasteiger partial charge in [0.1, 0.15) is 0 Å². The lowest BCUT2D eigenvalue weighted by Crippen LogP contribution is -2.57. The highest BCUT2D eigenvalue weighted by Crippen LogP contribution is 2.63. The van der Waals surface area contributed by atoms with Crippen LogP contribution in [0.3, 0.4) is 0 Å². The summed E-state index contributed by atoms with van der Waals surface area (Å²) in [6, 6.07) is 0. The molecule has 3 N–H and O–H groups in total. The van der Waals surface area contributed by atoms with Crippen LogP contribution in [0.25, 0.3) is 0 Å². The maximum absolute atomic E-state index is 13.7. The molecule has 2 saturated heterocycles. The van der Waals surface area contributed by atoms with E-state index in [4.69, 9.17) is 9.29 Å². The Morgan fingerprint density at radius 3 is 1.88 bits per heavy atom. The van der Waals surface area contributed by atoms with Crippen molar-refractivity contribution in [3.8, 4) is 0 Å². The molecule has 0 radical (unpaired) electrons. The molecule has 5 atom stereocenters. The molecule has 0 saturated carbocycles. The highest BCUT2D eigenvalue weighted by atomic mass is 32.2. The van der Waals surface area contributed by atoms with Crippen LogP contribution in [0.5, 0.6) is 0 Å². The van der Waals surface area contributed by atoms with E-state index in [1.807, 2.05) is 13.8 Å². The highest BCUT2D eigenvalue weighted by Gasteiger charge is 2.66. The molecule has 2 aliphatic heterocycles. The molecular weight excluding hydrogens is 504 g/mol. The van der Waals surface area contributed by atoms with Gasteiger partial charge in [-0.15, -0.1) is 0 Å². The van der Waals surface area contributed by atoms with Crippen molar-refractivity contribution in [3.63, 3.8) is 0 Å². The van der Waals surface area contributed by atoms with Gasteiger partial charge >= 0.3 is 27.3 Å². The van der Waals surface area contributed by atoms with Crippen molar-refractivity contribution in [3.05, 3.63) is 0 Å². The molecule has 5 unspecified atom stereocenters. The van der Waals surface area contributed by atoms with E-state index in [-0.39, 0.29) is 17.6 Å². The first-order valence-electron chi connectivity index (χ1n) is 11.5. The van der Waals surface area contributed by atoms with E-state index in [2.05, 4.69) is 0 Å². The van der Waals surface area contributed by atoms with Gasteiger partial charge in [-0.2, -0.15) is 37.7 Å². The normalized spacial score (nSPS) is 28.4. The van der Waals surface area contributed by atoms with E-state index >= 15 is 0 Å². The van der Waals surface area contributed by atoms with Crippen molar-refractivity contribution in [2.24, 2.45) is 17.8 Å². The van der Waals surface area contributed by atoms with Gasteiger partial charge in [-0.1, -0.05) is 27.7 Å². The van der Waals surface area contributed by atoms with Gasteiger partial charge in [0.15, 0.2) is 0 Å². The number of ether oxygens (including phenoxy) is 1. The number of rotatable bonds is 12. The second-order valence-electron chi connectivity index (χ2n) is 9.27. The zero-order valence-corrected chi connectivity index (χ0v) is 21.3. The molecule has 0 aromatic heterocycles. The van der Waals surface area contributed by atoms with Crippen molar-refractivity contribution in [2.75, 3.05) is 6.61 Å². The van der Waals surface area contributed by atoms with E-state index in [1.54, 1.807) is 13.8 Å². The zero-order chi connectivity index (χ0) is 26.3. The Labute approximate surface area is 201 Å². The van der Waals surface area contributed by atoms with Crippen LogP contribution in [0.2, 0.25) is 0 Å². The minimum Gasteiger partial charge on any atom is -0.465 e. The second-order valence-corrected chi connectivity index (χ2v) is 12.2. The summed E-state index contributed by atoms with van der Waals surface area (Å²) in [5.41, 5.74) is -2.24. The average Bonchev–Trinajstić information content (AvgIpc) is 3.36. The summed E-state index contributed by atoms with van der Waals surface area (Å²) in [6.07, 6.45) is 0.116. The predicted octanol–water partition coefficient (Wildman–Crippen LogP) is 3.87. The van der Waals surface area contributed by atoms with Crippen LogP contribution in [0.1, 0.15) is 66.2 Å². The lowest BCUT2D eigenvalue weighted by Gasteiger charge is -2.49. The van der Waals surface area contributed by atoms with Gasteiger partial charge in [-0.3, -0.25) is 9.35 Å². The maximum atomic E-state index is 13.7. The average molecular weight is 539 g/mol. The summed E-state index contributed by atoms with van der Waals surface area (Å²) in [7, 11) is -6.37. The third-order valence-corrected chi connectivity index (χ3v) is 10.5. The number of hydrogen-bond donors (Lipinski definition) is 3. The molecule has 2 bridgehead atoms. The SMILES string of the molecule is CCC(O)(CC)C1C2CC(C(=O)OCCC(F)(F)C(F)(F)S(=O)(=O)O)C(S2)C1C(O)(CC)CC. The fourth-order valence-electron chi connectivity index (χ4n) is 5.45. The van der Waals surface area contributed by atoms with Gasteiger partial charge in [0.25, 0.3) is 0 Å². The molecule has 7 nitrogen and oxygen atoms in total. The van der Waals surface area contributed by atoms with Gasteiger partial charge in [0.05, 0.1) is 30.1 Å². The Hall–Kier alpha value is -0.630. The third kappa shape index (κ3) is 4.96. The van der Waals surface area contributed by atoms with Crippen LogP contribution < -0.4 is 0 Å². The van der Waals surface area contributed by atoms with Crippen LogP contribution in [0, 0.1) is 17.8 Å². The number of carbonyl (C=O) groups is 1. The van der Waals surface area contributed by atoms with Crippen LogP contribution in [-0.4, -0.2) is 68.6 Å². The number of thioether (sulfide) groups is 1. The fraction of sp³-hybridized carbons (Fsp3) is 0.952. The Morgan fingerprint density at radius 2 is 1.44 bits per heavy atom. The van der Waals surface area contributed by atoms with Gasteiger partial charge in [-0.05, 0) is 32.1 Å². The minimum atomic E-state index is -6.37. The molecule has 2 fully saturated rings. The maximum Gasteiger partial charge on any atom is 0.431 e. The first kappa shape index (κ1) is 29.6.